The molecule has 2 aliphatic rings. The Balaban J connectivity index is 1.51. The summed E-state index contributed by atoms with van der Waals surface area (Å²) < 4.78 is 5.57. The number of ether oxygens (including phenoxy) is 1. The molecule has 3 rings (SSSR count). The minimum atomic E-state index is -0.490. The molecule has 130 valence electrons. The number of nitrogens with one attached hydrogen (secondary N) is 3. The number of hydrogen-bond donors (Lipinski definition) is 3. The summed E-state index contributed by atoms with van der Waals surface area (Å²) in [4.78, 5) is 25.5. The molecule has 0 aromatic heterocycles. The van der Waals surface area contributed by atoms with Gasteiger partial charge in [0.15, 0.2) is 0 Å². The van der Waals surface area contributed by atoms with Gasteiger partial charge in [0.1, 0.15) is 6.04 Å². The predicted octanol–water partition coefficient (Wildman–Crippen LogP) is 0.205. The molecule has 7 nitrogen and oxygen atoms in total. The van der Waals surface area contributed by atoms with Crippen molar-refractivity contribution in [3.63, 3.8) is 0 Å². The predicted molar refractivity (Wildman–Crippen MR) is 89.3 cm³/mol. The van der Waals surface area contributed by atoms with E-state index in [9.17, 15) is 9.59 Å². The highest BCUT2D eigenvalue weighted by atomic mass is 16.5. The number of urea groups is 1. The van der Waals surface area contributed by atoms with Gasteiger partial charge in [-0.2, -0.15) is 0 Å². The van der Waals surface area contributed by atoms with Gasteiger partial charge in [-0.25, -0.2) is 4.79 Å². The number of nitrogens with zero attached hydrogens (tertiary/aromatic N) is 1. The molecule has 3 N–H and O–H groups in total. The normalized spacial score (nSPS) is 24.3. The van der Waals surface area contributed by atoms with Gasteiger partial charge in [-0.1, -0.05) is 24.3 Å². The summed E-state index contributed by atoms with van der Waals surface area (Å²) >= 11 is 0. The Kier molecular flexibility index (Phi) is 5.32. The van der Waals surface area contributed by atoms with Crippen molar-refractivity contribution >= 4 is 11.9 Å². The molecule has 1 aromatic rings. The van der Waals surface area contributed by atoms with E-state index in [4.69, 9.17) is 4.74 Å². The van der Waals surface area contributed by atoms with Gasteiger partial charge in [0.2, 0.25) is 5.91 Å². The Bertz CT molecular complexity index is 607. The molecule has 2 fully saturated rings. The molecule has 24 heavy (non-hydrogen) atoms. The van der Waals surface area contributed by atoms with Gasteiger partial charge in [-0.3, -0.25) is 9.69 Å². The maximum Gasteiger partial charge on any atom is 0.315 e. The maximum atomic E-state index is 12.0. The molecule has 0 spiro atoms. The van der Waals surface area contributed by atoms with E-state index in [0.717, 1.165) is 31.8 Å². The van der Waals surface area contributed by atoms with E-state index in [-0.39, 0.29) is 18.0 Å². The summed E-state index contributed by atoms with van der Waals surface area (Å²) in [6, 6.07) is 7.45. The number of hydrogen-bond acceptors (Lipinski definition) is 4. The molecule has 2 aliphatic heterocycles. The van der Waals surface area contributed by atoms with Crippen LogP contribution in [0.15, 0.2) is 24.3 Å². The fourth-order valence-corrected chi connectivity index (χ4v) is 3.06. The molecule has 2 heterocycles. The number of amides is 3. The fourth-order valence-electron chi connectivity index (χ4n) is 3.06. The minimum Gasteiger partial charge on any atom is -0.376 e. The number of carbonyl (C=O) groups excluding carboxylic acids is 2. The maximum absolute atomic E-state index is 12.0. The van der Waals surface area contributed by atoms with Crippen LogP contribution in [0, 0.1) is 0 Å². The molecule has 0 unspecified atom stereocenters. The third-order valence-electron chi connectivity index (χ3n) is 4.28. The Morgan fingerprint density at radius 3 is 3.00 bits per heavy atom. The molecule has 3 amide bonds. The smallest absolute Gasteiger partial charge is 0.315 e. The van der Waals surface area contributed by atoms with Crippen LogP contribution in [0.2, 0.25) is 0 Å². The van der Waals surface area contributed by atoms with Gasteiger partial charge in [0, 0.05) is 32.7 Å². The molecular formula is C17H24N4O3. The molecule has 0 bridgehead atoms. The van der Waals surface area contributed by atoms with Crippen LogP contribution in [0.5, 0.6) is 0 Å². The van der Waals surface area contributed by atoms with Crippen molar-refractivity contribution in [3.05, 3.63) is 35.4 Å². The van der Waals surface area contributed by atoms with Crippen molar-refractivity contribution in [2.75, 3.05) is 26.2 Å². The fraction of sp³-hybridized carbons (Fsp3) is 0.529. The monoisotopic (exact) mass is 332 g/mol. The first-order chi connectivity index (χ1) is 11.6. The Hall–Kier alpha value is -2.12. The first kappa shape index (κ1) is 16.7. The largest absolute Gasteiger partial charge is 0.376 e. The number of rotatable bonds is 5. The van der Waals surface area contributed by atoms with E-state index in [1.54, 1.807) is 0 Å². The third kappa shape index (κ3) is 4.46. The van der Waals surface area contributed by atoms with E-state index in [1.165, 1.54) is 5.56 Å². The van der Waals surface area contributed by atoms with E-state index in [1.807, 2.05) is 12.1 Å². The second kappa shape index (κ2) is 7.63. The summed E-state index contributed by atoms with van der Waals surface area (Å²) in [6.45, 7) is 6.43. The molecule has 1 aromatic carbocycles. The van der Waals surface area contributed by atoms with Crippen molar-refractivity contribution < 1.29 is 14.3 Å². The standard InChI is InChI=1S/C17H24N4O3/c1-12-10-21(5-6-24-12)11-14-4-2-3-13(7-14)8-18-16(22)15-9-19-17(23)20-15/h2-4,7,12,15H,5-6,8-11H2,1H3,(H,18,22)(H2,19,20,23)/t12-,15-/m0/s1. The first-order valence-electron chi connectivity index (χ1n) is 8.34. The van der Waals surface area contributed by atoms with Crippen LogP contribution < -0.4 is 16.0 Å². The zero-order valence-electron chi connectivity index (χ0n) is 13.9. The van der Waals surface area contributed by atoms with Gasteiger partial charge in [-0.15, -0.1) is 0 Å². The van der Waals surface area contributed by atoms with Crippen LogP contribution >= 0.6 is 0 Å². The highest BCUT2D eigenvalue weighted by molar-refractivity contribution is 5.90. The Morgan fingerprint density at radius 1 is 1.42 bits per heavy atom. The molecule has 7 heteroatoms. The Labute approximate surface area is 141 Å². The van der Waals surface area contributed by atoms with E-state index in [0.29, 0.717) is 13.1 Å². The minimum absolute atomic E-state index is 0.166. The zero-order valence-corrected chi connectivity index (χ0v) is 13.9. The molecule has 0 radical (unpaired) electrons. The van der Waals surface area contributed by atoms with Gasteiger partial charge in [0.05, 0.1) is 12.7 Å². The van der Waals surface area contributed by atoms with E-state index in [2.05, 4.69) is 39.9 Å². The number of benzene rings is 1. The van der Waals surface area contributed by atoms with Crippen molar-refractivity contribution in [3.8, 4) is 0 Å². The van der Waals surface area contributed by atoms with Crippen LogP contribution in [-0.4, -0.2) is 55.2 Å². The van der Waals surface area contributed by atoms with Crippen LogP contribution in [0.25, 0.3) is 0 Å². The van der Waals surface area contributed by atoms with Gasteiger partial charge >= 0.3 is 6.03 Å². The van der Waals surface area contributed by atoms with Crippen molar-refractivity contribution in [1.29, 1.82) is 0 Å². The SMILES string of the molecule is C[C@H]1CN(Cc2cccc(CNC(=O)[C@@H]3CNC(=O)N3)c2)CCO1. The Morgan fingerprint density at radius 2 is 2.25 bits per heavy atom. The summed E-state index contributed by atoms with van der Waals surface area (Å²) in [5.41, 5.74) is 2.28. The quantitative estimate of drug-likeness (QED) is 0.720. The van der Waals surface area contributed by atoms with Crippen LogP contribution in [0.3, 0.4) is 0 Å². The molecule has 2 atom stereocenters. The first-order valence-corrected chi connectivity index (χ1v) is 8.34. The van der Waals surface area contributed by atoms with E-state index < -0.39 is 6.04 Å². The molecule has 0 saturated carbocycles. The van der Waals surface area contributed by atoms with Crippen molar-refractivity contribution in [2.24, 2.45) is 0 Å². The summed E-state index contributed by atoms with van der Waals surface area (Å²) in [5, 5.41) is 8.03. The lowest BCUT2D eigenvalue weighted by molar-refractivity contribution is -0.122. The summed E-state index contributed by atoms with van der Waals surface area (Å²) in [6.07, 6.45) is 0.274. The van der Waals surface area contributed by atoms with Gasteiger partial charge in [0.25, 0.3) is 0 Å². The second-order valence-electron chi connectivity index (χ2n) is 6.36. The van der Waals surface area contributed by atoms with E-state index >= 15 is 0 Å². The third-order valence-corrected chi connectivity index (χ3v) is 4.28. The molecule has 0 aliphatic carbocycles. The zero-order chi connectivity index (χ0) is 16.9. The van der Waals surface area contributed by atoms with Crippen LogP contribution in [0.1, 0.15) is 18.1 Å². The van der Waals surface area contributed by atoms with Crippen LogP contribution in [0.4, 0.5) is 4.79 Å². The number of carbonyl (C=O) groups is 2. The number of morpholine rings is 1. The highest BCUT2D eigenvalue weighted by Gasteiger charge is 2.26. The van der Waals surface area contributed by atoms with Gasteiger partial charge < -0.3 is 20.7 Å². The lowest BCUT2D eigenvalue weighted by atomic mass is 10.1. The second-order valence-corrected chi connectivity index (χ2v) is 6.36. The highest BCUT2D eigenvalue weighted by Crippen LogP contribution is 2.12. The van der Waals surface area contributed by atoms with Crippen LogP contribution in [-0.2, 0) is 22.6 Å². The van der Waals surface area contributed by atoms with Crippen molar-refractivity contribution in [1.82, 2.24) is 20.9 Å². The molecular weight excluding hydrogens is 308 g/mol. The van der Waals surface area contributed by atoms with Gasteiger partial charge in [-0.05, 0) is 18.1 Å². The topological polar surface area (TPSA) is 82.7 Å². The molecule has 2 saturated heterocycles. The van der Waals surface area contributed by atoms with Crippen molar-refractivity contribution in [2.45, 2.75) is 32.2 Å². The average molecular weight is 332 g/mol. The summed E-state index contributed by atoms with van der Waals surface area (Å²) in [7, 11) is 0. The average Bonchev–Trinajstić information content (AvgIpc) is 3.00. The lowest BCUT2D eigenvalue weighted by Crippen LogP contribution is -2.42. The summed E-state index contributed by atoms with van der Waals surface area (Å²) in [5.74, 6) is -0.166. The lowest BCUT2D eigenvalue weighted by Gasteiger charge is -2.31.